The highest BCUT2D eigenvalue weighted by Gasteiger charge is 2.24. The van der Waals surface area contributed by atoms with Crippen LogP contribution in [0.25, 0.3) is 0 Å². The second-order valence-corrected chi connectivity index (χ2v) is 6.83. The number of carbonyl (C=O) groups is 1. The Morgan fingerprint density at radius 2 is 1.96 bits per heavy atom. The molecule has 3 heteroatoms. The molecule has 3 nitrogen and oxygen atoms in total. The van der Waals surface area contributed by atoms with E-state index in [1.165, 1.54) is 24.0 Å². The molecule has 2 aromatic carbocycles. The van der Waals surface area contributed by atoms with Gasteiger partial charge in [-0.2, -0.15) is 0 Å². The van der Waals surface area contributed by atoms with Gasteiger partial charge in [-0.1, -0.05) is 38.1 Å². The summed E-state index contributed by atoms with van der Waals surface area (Å²) in [5.41, 5.74) is 5.73. The number of aryl methyl sites for hydroxylation is 2. The molecule has 1 N–H and O–H groups in total. The van der Waals surface area contributed by atoms with Gasteiger partial charge in [0.2, 0.25) is 5.91 Å². The van der Waals surface area contributed by atoms with E-state index in [4.69, 9.17) is 4.74 Å². The summed E-state index contributed by atoms with van der Waals surface area (Å²) in [7, 11) is 0. The van der Waals surface area contributed by atoms with Crippen molar-refractivity contribution in [3.8, 4) is 5.75 Å². The Bertz CT molecular complexity index is 763. The molecule has 1 saturated carbocycles. The fourth-order valence-corrected chi connectivity index (χ4v) is 3.01. The van der Waals surface area contributed by atoms with Crippen molar-refractivity contribution in [2.75, 3.05) is 5.32 Å². The number of carbonyl (C=O) groups excluding carboxylic acids is 1. The van der Waals surface area contributed by atoms with Gasteiger partial charge in [-0.25, -0.2) is 0 Å². The van der Waals surface area contributed by atoms with Gasteiger partial charge < -0.3 is 10.1 Å². The average Bonchev–Trinajstić information content (AvgIpc) is 3.46. The van der Waals surface area contributed by atoms with Crippen molar-refractivity contribution < 1.29 is 9.53 Å². The van der Waals surface area contributed by atoms with Crippen molar-refractivity contribution in [3.63, 3.8) is 0 Å². The van der Waals surface area contributed by atoms with E-state index >= 15 is 0 Å². The van der Waals surface area contributed by atoms with Crippen LogP contribution in [0.3, 0.4) is 0 Å². The predicted molar refractivity (Wildman–Crippen MR) is 102 cm³/mol. The van der Waals surface area contributed by atoms with Crippen molar-refractivity contribution in [2.45, 2.75) is 59.0 Å². The van der Waals surface area contributed by atoms with E-state index in [-0.39, 0.29) is 5.91 Å². The van der Waals surface area contributed by atoms with Gasteiger partial charge >= 0.3 is 0 Å². The minimum Gasteiger partial charge on any atom is -0.489 e. The van der Waals surface area contributed by atoms with Gasteiger partial charge in [0.25, 0.3) is 0 Å². The summed E-state index contributed by atoms with van der Waals surface area (Å²) in [5, 5.41) is 3.00. The summed E-state index contributed by atoms with van der Waals surface area (Å²) in [6.45, 7) is 6.56. The van der Waals surface area contributed by atoms with Crippen LogP contribution in [-0.2, 0) is 17.8 Å². The smallest absolute Gasteiger partial charge is 0.224 e. The van der Waals surface area contributed by atoms with E-state index in [0.717, 1.165) is 29.0 Å². The minimum absolute atomic E-state index is 0.0314. The molecule has 0 saturated heterocycles. The number of anilines is 1. The monoisotopic (exact) mass is 337 g/mol. The molecule has 132 valence electrons. The zero-order valence-corrected chi connectivity index (χ0v) is 15.4. The van der Waals surface area contributed by atoms with Crippen LogP contribution in [0.4, 0.5) is 5.69 Å². The van der Waals surface area contributed by atoms with Gasteiger partial charge in [0.05, 0.1) is 0 Å². The van der Waals surface area contributed by atoms with Gasteiger partial charge in [0, 0.05) is 17.7 Å². The van der Waals surface area contributed by atoms with Crippen molar-refractivity contribution >= 4 is 11.6 Å². The maximum Gasteiger partial charge on any atom is 0.224 e. The van der Waals surface area contributed by atoms with Gasteiger partial charge in [-0.15, -0.1) is 0 Å². The molecule has 0 unspecified atom stereocenters. The topological polar surface area (TPSA) is 38.3 Å². The molecule has 0 bridgehead atoms. The van der Waals surface area contributed by atoms with Crippen LogP contribution in [0, 0.1) is 6.92 Å². The molecule has 3 rings (SSSR count). The van der Waals surface area contributed by atoms with E-state index in [2.05, 4.69) is 43.4 Å². The van der Waals surface area contributed by atoms with Crippen molar-refractivity contribution in [1.82, 2.24) is 0 Å². The van der Waals surface area contributed by atoms with Crippen LogP contribution in [0.15, 0.2) is 36.4 Å². The second kappa shape index (κ2) is 7.73. The summed E-state index contributed by atoms with van der Waals surface area (Å²) in [4.78, 5) is 11.8. The number of rotatable bonds is 7. The molecule has 0 heterocycles. The lowest BCUT2D eigenvalue weighted by molar-refractivity contribution is -0.115. The van der Waals surface area contributed by atoms with Crippen molar-refractivity contribution in [2.24, 2.45) is 0 Å². The average molecular weight is 337 g/mol. The number of hydrogen-bond donors (Lipinski definition) is 1. The standard InChI is InChI=1S/C22H27NO2/c1-4-16-6-11-21(15(3)12-16)25-14-19-13-18(17-7-8-17)9-10-20(19)23-22(24)5-2/h6,9-13,17H,4-5,7-8,14H2,1-3H3,(H,23,24). The fraction of sp³-hybridized carbons (Fsp3) is 0.409. The van der Waals surface area contributed by atoms with E-state index < -0.39 is 0 Å². The normalized spacial score (nSPS) is 13.6. The van der Waals surface area contributed by atoms with Crippen LogP contribution >= 0.6 is 0 Å². The van der Waals surface area contributed by atoms with Gasteiger partial charge in [-0.05, 0) is 60.9 Å². The molecule has 0 radical (unpaired) electrons. The Morgan fingerprint density at radius 3 is 2.60 bits per heavy atom. The third-order valence-electron chi connectivity index (χ3n) is 4.80. The lowest BCUT2D eigenvalue weighted by Crippen LogP contribution is -2.12. The zero-order chi connectivity index (χ0) is 17.8. The first-order valence-electron chi connectivity index (χ1n) is 9.25. The molecule has 1 aliphatic carbocycles. The van der Waals surface area contributed by atoms with Gasteiger partial charge in [0.1, 0.15) is 12.4 Å². The highest BCUT2D eigenvalue weighted by atomic mass is 16.5. The summed E-state index contributed by atoms with van der Waals surface area (Å²) in [6, 6.07) is 12.7. The number of nitrogens with one attached hydrogen (secondary N) is 1. The largest absolute Gasteiger partial charge is 0.489 e. The fourth-order valence-electron chi connectivity index (χ4n) is 3.01. The van der Waals surface area contributed by atoms with E-state index in [1.807, 2.05) is 19.1 Å². The Hall–Kier alpha value is -2.29. The molecule has 0 atom stereocenters. The number of ether oxygens (including phenoxy) is 1. The summed E-state index contributed by atoms with van der Waals surface area (Å²) < 4.78 is 6.08. The SMILES string of the molecule is CCC(=O)Nc1ccc(C2CC2)cc1COc1ccc(CC)cc1C. The third-order valence-corrected chi connectivity index (χ3v) is 4.80. The molecule has 1 aliphatic rings. The van der Waals surface area contributed by atoms with Gasteiger partial charge in [0.15, 0.2) is 0 Å². The van der Waals surface area contributed by atoms with Crippen LogP contribution < -0.4 is 10.1 Å². The highest BCUT2D eigenvalue weighted by Crippen LogP contribution is 2.41. The quantitative estimate of drug-likeness (QED) is 0.738. The van der Waals surface area contributed by atoms with Crippen LogP contribution in [0.1, 0.15) is 61.3 Å². The van der Waals surface area contributed by atoms with Crippen molar-refractivity contribution in [3.05, 3.63) is 58.7 Å². The molecule has 0 aliphatic heterocycles. The number of amides is 1. The second-order valence-electron chi connectivity index (χ2n) is 6.83. The maximum atomic E-state index is 11.8. The highest BCUT2D eigenvalue weighted by molar-refractivity contribution is 5.91. The molecular weight excluding hydrogens is 310 g/mol. The first kappa shape index (κ1) is 17.5. The molecule has 2 aromatic rings. The first-order chi connectivity index (χ1) is 12.1. The summed E-state index contributed by atoms with van der Waals surface area (Å²) >= 11 is 0. The Morgan fingerprint density at radius 1 is 1.16 bits per heavy atom. The zero-order valence-electron chi connectivity index (χ0n) is 15.4. The first-order valence-corrected chi connectivity index (χ1v) is 9.25. The molecular formula is C22H27NO2. The lowest BCUT2D eigenvalue weighted by atomic mass is 10.0. The molecule has 25 heavy (non-hydrogen) atoms. The van der Waals surface area contributed by atoms with Crippen molar-refractivity contribution in [1.29, 1.82) is 0 Å². The predicted octanol–water partition coefficient (Wildman–Crippen LogP) is 5.36. The number of hydrogen-bond acceptors (Lipinski definition) is 2. The third kappa shape index (κ3) is 4.41. The van der Waals surface area contributed by atoms with E-state index in [0.29, 0.717) is 18.9 Å². The maximum absolute atomic E-state index is 11.8. The Kier molecular flexibility index (Phi) is 5.42. The molecule has 1 amide bonds. The van der Waals surface area contributed by atoms with Crippen LogP contribution in [0.5, 0.6) is 5.75 Å². The van der Waals surface area contributed by atoms with Crippen LogP contribution in [-0.4, -0.2) is 5.91 Å². The van der Waals surface area contributed by atoms with E-state index in [1.54, 1.807) is 0 Å². The summed E-state index contributed by atoms with van der Waals surface area (Å²) in [5.74, 6) is 1.62. The molecule has 1 fully saturated rings. The molecule has 0 aromatic heterocycles. The molecule has 0 spiro atoms. The Labute approximate surface area is 150 Å². The Balaban J connectivity index is 1.79. The summed E-state index contributed by atoms with van der Waals surface area (Å²) in [6.07, 6.45) is 4.02. The minimum atomic E-state index is 0.0314. The number of benzene rings is 2. The van der Waals surface area contributed by atoms with Gasteiger partial charge in [-0.3, -0.25) is 4.79 Å². The van der Waals surface area contributed by atoms with Crippen LogP contribution in [0.2, 0.25) is 0 Å². The van der Waals surface area contributed by atoms with E-state index in [9.17, 15) is 4.79 Å². The lowest BCUT2D eigenvalue weighted by Gasteiger charge is -2.15.